The Morgan fingerprint density at radius 2 is 2.27 bits per heavy atom. The van der Waals surface area contributed by atoms with Crippen LogP contribution in [0.25, 0.3) is 10.9 Å². The minimum atomic E-state index is -0.0908. The maximum absolute atomic E-state index is 11.4. The molecule has 0 fully saturated rings. The summed E-state index contributed by atoms with van der Waals surface area (Å²) in [6.45, 7) is 1.48. The molecule has 0 spiro atoms. The molecule has 2 heterocycles. The van der Waals surface area contributed by atoms with Gasteiger partial charge in [-0.2, -0.15) is 5.10 Å². The smallest absolute Gasteiger partial charge is 0.225 e. The van der Waals surface area contributed by atoms with Crippen LogP contribution < -0.4 is 4.74 Å². The molecule has 5 heteroatoms. The summed E-state index contributed by atoms with van der Waals surface area (Å²) in [6, 6.07) is 1.80. The first-order valence-electron chi connectivity index (χ1n) is 4.51. The highest BCUT2D eigenvalue weighted by atomic mass is 16.5. The third-order valence-electron chi connectivity index (χ3n) is 2.26. The zero-order chi connectivity index (χ0) is 11.0. The minimum Gasteiger partial charge on any atom is -0.480 e. The van der Waals surface area contributed by atoms with Crippen molar-refractivity contribution in [3.8, 4) is 5.88 Å². The van der Waals surface area contributed by atoms with Crippen molar-refractivity contribution in [2.75, 3.05) is 7.11 Å². The van der Waals surface area contributed by atoms with Gasteiger partial charge in [0.1, 0.15) is 5.69 Å². The van der Waals surface area contributed by atoms with Gasteiger partial charge in [0.2, 0.25) is 5.88 Å². The Balaban J connectivity index is 2.88. The fraction of sp³-hybridized carbons (Fsp3) is 0.300. The molecule has 0 aliphatic carbocycles. The summed E-state index contributed by atoms with van der Waals surface area (Å²) in [5.74, 6) is 0.345. The first kappa shape index (κ1) is 9.64. The molecule has 0 saturated carbocycles. The molecule has 0 saturated heterocycles. The molecule has 2 rings (SSSR count). The van der Waals surface area contributed by atoms with Crippen LogP contribution >= 0.6 is 0 Å². The van der Waals surface area contributed by atoms with E-state index in [0.29, 0.717) is 17.0 Å². The molecule has 0 aliphatic rings. The van der Waals surface area contributed by atoms with Gasteiger partial charge in [0, 0.05) is 20.2 Å². The van der Waals surface area contributed by atoms with E-state index in [4.69, 9.17) is 4.74 Å². The maximum Gasteiger partial charge on any atom is 0.225 e. The summed E-state index contributed by atoms with van der Waals surface area (Å²) in [7, 11) is 3.31. The second-order valence-corrected chi connectivity index (χ2v) is 3.24. The van der Waals surface area contributed by atoms with Gasteiger partial charge in [0.15, 0.2) is 5.78 Å². The number of Topliss-reactive ketones (excluding diaryl/α,β-unsaturated/α-hetero) is 1. The Hall–Kier alpha value is -1.91. The fourth-order valence-electron chi connectivity index (χ4n) is 1.58. The predicted molar refractivity (Wildman–Crippen MR) is 55.1 cm³/mol. The Kier molecular flexibility index (Phi) is 2.15. The largest absolute Gasteiger partial charge is 0.480 e. The zero-order valence-corrected chi connectivity index (χ0v) is 8.81. The standard InChI is InChI=1S/C10H11N3O2/c1-6(14)9-8-7(13(2)12-9)4-5-11-10(8)15-3/h4-5H,1-3H3. The number of methoxy groups -OCH3 is 1. The van der Waals surface area contributed by atoms with Gasteiger partial charge in [-0.05, 0) is 6.07 Å². The number of aryl methyl sites for hydroxylation is 1. The van der Waals surface area contributed by atoms with E-state index in [9.17, 15) is 4.79 Å². The second kappa shape index (κ2) is 3.34. The van der Waals surface area contributed by atoms with Crippen molar-refractivity contribution in [1.29, 1.82) is 0 Å². The highest BCUT2D eigenvalue weighted by Crippen LogP contribution is 2.26. The van der Waals surface area contributed by atoms with Crippen molar-refractivity contribution in [2.45, 2.75) is 6.92 Å². The molecule has 0 aliphatic heterocycles. The molecule has 2 aromatic heterocycles. The molecule has 0 unspecified atom stereocenters. The van der Waals surface area contributed by atoms with Crippen molar-refractivity contribution in [2.24, 2.45) is 7.05 Å². The zero-order valence-electron chi connectivity index (χ0n) is 8.81. The van der Waals surface area contributed by atoms with Crippen LogP contribution in [0.5, 0.6) is 5.88 Å². The van der Waals surface area contributed by atoms with Crippen molar-refractivity contribution in [3.05, 3.63) is 18.0 Å². The molecular weight excluding hydrogens is 194 g/mol. The van der Waals surface area contributed by atoms with Crippen molar-refractivity contribution >= 4 is 16.7 Å². The van der Waals surface area contributed by atoms with Gasteiger partial charge < -0.3 is 4.74 Å². The number of rotatable bonds is 2. The van der Waals surface area contributed by atoms with Crippen LogP contribution in [0.4, 0.5) is 0 Å². The Labute approximate surface area is 86.7 Å². The number of hydrogen-bond donors (Lipinski definition) is 0. The normalized spacial score (nSPS) is 10.6. The highest BCUT2D eigenvalue weighted by Gasteiger charge is 2.16. The van der Waals surface area contributed by atoms with Gasteiger partial charge >= 0.3 is 0 Å². The van der Waals surface area contributed by atoms with E-state index in [1.54, 1.807) is 24.0 Å². The first-order chi connectivity index (χ1) is 7.15. The Morgan fingerprint density at radius 3 is 2.87 bits per heavy atom. The lowest BCUT2D eigenvalue weighted by molar-refractivity contribution is 0.101. The second-order valence-electron chi connectivity index (χ2n) is 3.24. The van der Waals surface area contributed by atoms with E-state index < -0.39 is 0 Å². The molecule has 2 aromatic rings. The van der Waals surface area contributed by atoms with Crippen LogP contribution in [-0.4, -0.2) is 27.7 Å². The van der Waals surface area contributed by atoms with Crippen LogP contribution in [-0.2, 0) is 7.05 Å². The molecule has 0 bridgehead atoms. The molecule has 0 aromatic carbocycles. The number of ketones is 1. The van der Waals surface area contributed by atoms with Gasteiger partial charge in [-0.25, -0.2) is 4.98 Å². The molecule has 0 atom stereocenters. The van der Waals surface area contributed by atoms with Gasteiger partial charge in [-0.15, -0.1) is 0 Å². The van der Waals surface area contributed by atoms with E-state index >= 15 is 0 Å². The number of fused-ring (bicyclic) bond motifs is 1. The van der Waals surface area contributed by atoms with Crippen molar-refractivity contribution in [3.63, 3.8) is 0 Å². The monoisotopic (exact) mass is 205 g/mol. The average Bonchev–Trinajstić information content (AvgIpc) is 2.56. The third-order valence-corrected chi connectivity index (χ3v) is 2.26. The minimum absolute atomic E-state index is 0.0908. The van der Waals surface area contributed by atoms with E-state index in [1.807, 2.05) is 0 Å². The molecule has 0 radical (unpaired) electrons. The maximum atomic E-state index is 11.4. The number of carbonyl (C=O) groups is 1. The summed E-state index contributed by atoms with van der Waals surface area (Å²) in [5.41, 5.74) is 1.24. The summed E-state index contributed by atoms with van der Waals surface area (Å²) in [6.07, 6.45) is 1.63. The number of ether oxygens (including phenoxy) is 1. The number of pyridine rings is 1. The van der Waals surface area contributed by atoms with Gasteiger partial charge in [0.05, 0.1) is 18.0 Å². The summed E-state index contributed by atoms with van der Waals surface area (Å²) >= 11 is 0. The van der Waals surface area contributed by atoms with E-state index in [1.165, 1.54) is 14.0 Å². The molecular formula is C10H11N3O2. The lowest BCUT2D eigenvalue weighted by Crippen LogP contribution is -1.96. The number of nitrogens with zero attached hydrogens (tertiary/aromatic N) is 3. The molecule has 78 valence electrons. The first-order valence-corrected chi connectivity index (χ1v) is 4.51. The lowest BCUT2D eigenvalue weighted by Gasteiger charge is -2.00. The van der Waals surface area contributed by atoms with Crippen LogP contribution in [0, 0.1) is 0 Å². The van der Waals surface area contributed by atoms with Crippen molar-refractivity contribution < 1.29 is 9.53 Å². The van der Waals surface area contributed by atoms with Crippen LogP contribution in [0.15, 0.2) is 12.3 Å². The van der Waals surface area contributed by atoms with Crippen LogP contribution in [0.1, 0.15) is 17.4 Å². The van der Waals surface area contributed by atoms with Crippen LogP contribution in [0.2, 0.25) is 0 Å². The number of aromatic nitrogens is 3. The summed E-state index contributed by atoms with van der Waals surface area (Å²) < 4.78 is 6.76. The number of carbonyl (C=O) groups excluding carboxylic acids is 1. The molecule has 0 N–H and O–H groups in total. The van der Waals surface area contributed by atoms with Crippen LogP contribution in [0.3, 0.4) is 0 Å². The molecule has 5 nitrogen and oxygen atoms in total. The van der Waals surface area contributed by atoms with E-state index in [-0.39, 0.29) is 5.78 Å². The van der Waals surface area contributed by atoms with E-state index in [2.05, 4.69) is 10.1 Å². The Morgan fingerprint density at radius 1 is 1.53 bits per heavy atom. The molecule has 15 heavy (non-hydrogen) atoms. The fourth-order valence-corrected chi connectivity index (χ4v) is 1.58. The van der Waals surface area contributed by atoms with Gasteiger partial charge in [-0.3, -0.25) is 9.48 Å². The third kappa shape index (κ3) is 1.36. The lowest BCUT2D eigenvalue weighted by atomic mass is 10.2. The Bertz CT molecular complexity index is 531. The summed E-state index contributed by atoms with van der Waals surface area (Å²) in [5, 5.41) is 4.82. The van der Waals surface area contributed by atoms with Crippen molar-refractivity contribution in [1.82, 2.24) is 14.8 Å². The molecule has 0 amide bonds. The summed E-state index contributed by atoms with van der Waals surface area (Å²) in [4.78, 5) is 15.4. The average molecular weight is 205 g/mol. The topological polar surface area (TPSA) is 57.0 Å². The quantitative estimate of drug-likeness (QED) is 0.691. The predicted octanol–water partition coefficient (Wildman–Crippen LogP) is 1.18. The SMILES string of the molecule is COc1nccc2c1c(C(C)=O)nn2C. The van der Waals surface area contributed by atoms with Gasteiger partial charge in [0.25, 0.3) is 0 Å². The number of hydrogen-bond acceptors (Lipinski definition) is 4. The van der Waals surface area contributed by atoms with E-state index in [0.717, 1.165) is 5.52 Å². The highest BCUT2D eigenvalue weighted by molar-refractivity contribution is 6.06. The van der Waals surface area contributed by atoms with Gasteiger partial charge in [-0.1, -0.05) is 0 Å².